The first-order chi connectivity index (χ1) is 9.93. The van der Waals surface area contributed by atoms with Crippen molar-refractivity contribution in [2.45, 2.75) is 40.0 Å². The molecule has 21 heavy (non-hydrogen) atoms. The molecule has 1 aliphatic heterocycles. The van der Waals surface area contributed by atoms with Crippen LogP contribution in [-0.2, 0) is 0 Å². The zero-order valence-electron chi connectivity index (χ0n) is 13.1. The average molecular weight is 310 g/mol. The van der Waals surface area contributed by atoms with Crippen molar-refractivity contribution < 1.29 is 4.79 Å². The molecule has 0 spiro atoms. The van der Waals surface area contributed by atoms with Gasteiger partial charge in [0.2, 0.25) is 0 Å². The fourth-order valence-electron chi connectivity index (χ4n) is 2.68. The van der Waals surface area contributed by atoms with Crippen LogP contribution in [0, 0.1) is 5.41 Å². The monoisotopic (exact) mass is 309 g/mol. The summed E-state index contributed by atoms with van der Waals surface area (Å²) in [6.07, 6.45) is 4.78. The topological polar surface area (TPSA) is 45.2 Å². The van der Waals surface area contributed by atoms with E-state index < -0.39 is 0 Å². The number of nitrogens with one attached hydrogen (secondary N) is 1. The molecule has 1 fully saturated rings. The summed E-state index contributed by atoms with van der Waals surface area (Å²) in [5, 5.41) is 3.54. The summed E-state index contributed by atoms with van der Waals surface area (Å²) in [4.78, 5) is 18.8. The molecule has 1 N–H and O–H groups in total. The second kappa shape index (κ2) is 6.65. The van der Waals surface area contributed by atoms with Crippen molar-refractivity contribution >= 4 is 23.3 Å². The van der Waals surface area contributed by atoms with Crippen molar-refractivity contribution in [3.8, 4) is 0 Å². The molecule has 1 saturated heterocycles. The maximum Gasteiger partial charge on any atom is 0.255 e. The van der Waals surface area contributed by atoms with E-state index >= 15 is 0 Å². The number of nitrogens with zero attached hydrogens (tertiary/aromatic N) is 2. The van der Waals surface area contributed by atoms with E-state index in [0.29, 0.717) is 21.8 Å². The number of rotatable bonds is 3. The van der Waals surface area contributed by atoms with Gasteiger partial charge in [-0.3, -0.25) is 4.79 Å². The van der Waals surface area contributed by atoms with Crippen LogP contribution in [0.1, 0.15) is 50.4 Å². The Balaban J connectivity index is 2.17. The van der Waals surface area contributed by atoms with E-state index in [1.807, 2.05) is 11.8 Å². The van der Waals surface area contributed by atoms with Crippen molar-refractivity contribution in [2.24, 2.45) is 5.41 Å². The summed E-state index contributed by atoms with van der Waals surface area (Å²) in [6.45, 7) is 8.89. The van der Waals surface area contributed by atoms with Crippen LogP contribution in [-0.4, -0.2) is 35.4 Å². The molecule has 1 aromatic heterocycles. The van der Waals surface area contributed by atoms with E-state index in [-0.39, 0.29) is 5.91 Å². The van der Waals surface area contributed by atoms with Gasteiger partial charge >= 0.3 is 0 Å². The van der Waals surface area contributed by atoms with Gasteiger partial charge in [-0.15, -0.1) is 0 Å². The molecule has 1 aromatic rings. The van der Waals surface area contributed by atoms with Crippen LogP contribution in [0.5, 0.6) is 0 Å². The quantitative estimate of drug-likeness (QED) is 0.923. The Morgan fingerprint density at radius 1 is 1.43 bits per heavy atom. The highest BCUT2D eigenvalue weighted by atomic mass is 35.5. The van der Waals surface area contributed by atoms with Crippen LogP contribution in [0.4, 0.5) is 5.82 Å². The Labute approximate surface area is 131 Å². The molecular weight excluding hydrogens is 286 g/mol. The lowest BCUT2D eigenvalue weighted by molar-refractivity contribution is 0.0757. The van der Waals surface area contributed by atoms with Crippen LogP contribution in [0.15, 0.2) is 12.3 Å². The number of amides is 1. The largest absolute Gasteiger partial charge is 0.370 e. The number of anilines is 1. The molecule has 116 valence electrons. The fraction of sp³-hybridized carbons (Fsp3) is 0.625. The first-order valence-electron chi connectivity index (χ1n) is 7.61. The van der Waals surface area contributed by atoms with Gasteiger partial charge in [0.05, 0.1) is 10.6 Å². The van der Waals surface area contributed by atoms with Gasteiger partial charge in [-0.05, 0) is 37.7 Å². The fourth-order valence-corrected chi connectivity index (χ4v) is 2.86. The summed E-state index contributed by atoms with van der Waals surface area (Å²) in [6, 6.07) is 1.75. The third kappa shape index (κ3) is 4.10. The van der Waals surface area contributed by atoms with Gasteiger partial charge in [-0.1, -0.05) is 25.4 Å². The Morgan fingerprint density at radius 2 is 2.19 bits per heavy atom. The number of aromatic nitrogens is 1. The molecule has 2 heterocycles. The lowest BCUT2D eigenvalue weighted by atomic mass is 9.85. The predicted octanol–water partition coefficient (Wildman–Crippen LogP) is 3.82. The molecule has 5 heteroatoms. The third-order valence-electron chi connectivity index (χ3n) is 4.07. The van der Waals surface area contributed by atoms with Crippen molar-refractivity contribution in [3.63, 3.8) is 0 Å². The molecule has 0 bridgehead atoms. The molecular formula is C16H24ClN3O. The van der Waals surface area contributed by atoms with Crippen LogP contribution >= 0.6 is 11.6 Å². The molecule has 0 atom stereocenters. The summed E-state index contributed by atoms with van der Waals surface area (Å²) in [5.74, 6) is 0.708. The molecule has 0 aliphatic carbocycles. The molecule has 0 saturated carbocycles. The van der Waals surface area contributed by atoms with Gasteiger partial charge in [-0.25, -0.2) is 4.98 Å². The molecule has 2 rings (SSSR count). The van der Waals surface area contributed by atoms with Gasteiger partial charge < -0.3 is 10.2 Å². The molecule has 0 unspecified atom stereocenters. The highest BCUT2D eigenvalue weighted by Gasteiger charge is 2.27. The maximum atomic E-state index is 12.7. The third-order valence-corrected chi connectivity index (χ3v) is 4.37. The lowest BCUT2D eigenvalue weighted by Crippen LogP contribution is -2.32. The van der Waals surface area contributed by atoms with Crippen LogP contribution < -0.4 is 5.32 Å². The standard InChI is InChI=1S/C16H24ClN3O/c1-4-18-14-10-12(13(17)11-19-14)15(21)20-8-5-6-16(2,3)7-9-20/h10-11H,4-9H2,1-3H3,(H,18,19). The number of hydrogen-bond donors (Lipinski definition) is 1. The van der Waals surface area contributed by atoms with Gasteiger partial charge in [-0.2, -0.15) is 0 Å². The van der Waals surface area contributed by atoms with Crippen LogP contribution in [0.3, 0.4) is 0 Å². The van der Waals surface area contributed by atoms with E-state index in [1.54, 1.807) is 12.3 Å². The first kappa shape index (κ1) is 16.1. The SMILES string of the molecule is CCNc1cc(C(=O)N2CCCC(C)(C)CC2)c(Cl)cn1. The molecule has 0 aromatic carbocycles. The minimum Gasteiger partial charge on any atom is -0.370 e. The summed E-state index contributed by atoms with van der Waals surface area (Å²) in [5.41, 5.74) is 0.855. The highest BCUT2D eigenvalue weighted by molar-refractivity contribution is 6.33. The smallest absolute Gasteiger partial charge is 0.255 e. The molecule has 4 nitrogen and oxygen atoms in total. The number of likely N-dealkylation sites (tertiary alicyclic amines) is 1. The Morgan fingerprint density at radius 3 is 2.90 bits per heavy atom. The summed E-state index contributed by atoms with van der Waals surface area (Å²) < 4.78 is 0. The van der Waals surface area contributed by atoms with E-state index in [0.717, 1.165) is 38.9 Å². The van der Waals surface area contributed by atoms with E-state index in [1.165, 1.54) is 0 Å². The highest BCUT2D eigenvalue weighted by Crippen LogP contribution is 2.31. The van der Waals surface area contributed by atoms with E-state index in [2.05, 4.69) is 24.1 Å². The minimum absolute atomic E-state index is 0.0132. The first-order valence-corrected chi connectivity index (χ1v) is 7.99. The molecule has 1 aliphatic rings. The normalized spacial score (nSPS) is 18.2. The van der Waals surface area contributed by atoms with Crippen molar-refractivity contribution in [2.75, 3.05) is 25.0 Å². The molecule has 1 amide bonds. The number of hydrogen-bond acceptors (Lipinski definition) is 3. The van der Waals surface area contributed by atoms with Gasteiger partial charge in [0.25, 0.3) is 5.91 Å². The predicted molar refractivity (Wildman–Crippen MR) is 86.9 cm³/mol. The summed E-state index contributed by atoms with van der Waals surface area (Å²) in [7, 11) is 0. The average Bonchev–Trinajstić information content (AvgIpc) is 2.61. The van der Waals surface area contributed by atoms with Gasteiger partial charge in [0.15, 0.2) is 0 Å². The van der Waals surface area contributed by atoms with Gasteiger partial charge in [0, 0.05) is 25.8 Å². The maximum absolute atomic E-state index is 12.7. The van der Waals surface area contributed by atoms with Crippen LogP contribution in [0.25, 0.3) is 0 Å². The van der Waals surface area contributed by atoms with Crippen molar-refractivity contribution in [3.05, 3.63) is 22.8 Å². The minimum atomic E-state index is 0.0132. The summed E-state index contributed by atoms with van der Waals surface area (Å²) >= 11 is 6.17. The van der Waals surface area contributed by atoms with Gasteiger partial charge in [0.1, 0.15) is 5.82 Å². The van der Waals surface area contributed by atoms with Crippen LogP contribution in [0.2, 0.25) is 5.02 Å². The Kier molecular flexibility index (Phi) is 5.09. The zero-order chi connectivity index (χ0) is 15.5. The number of halogens is 1. The number of carbonyl (C=O) groups is 1. The Bertz CT molecular complexity index is 516. The van der Waals surface area contributed by atoms with Crippen molar-refractivity contribution in [1.29, 1.82) is 0 Å². The molecule has 0 radical (unpaired) electrons. The lowest BCUT2D eigenvalue weighted by Gasteiger charge is -2.23. The zero-order valence-corrected chi connectivity index (χ0v) is 13.8. The number of carbonyl (C=O) groups excluding carboxylic acids is 1. The second-order valence-corrected chi connectivity index (χ2v) is 6.80. The van der Waals surface area contributed by atoms with E-state index in [9.17, 15) is 4.79 Å². The number of pyridine rings is 1. The second-order valence-electron chi connectivity index (χ2n) is 6.39. The van der Waals surface area contributed by atoms with Crippen molar-refractivity contribution in [1.82, 2.24) is 9.88 Å². The Hall–Kier alpha value is -1.29. The van der Waals surface area contributed by atoms with E-state index in [4.69, 9.17) is 11.6 Å².